The molecule has 3 heterocycles. The number of hydrogen-bond donors (Lipinski definition) is 1. The van der Waals surface area contributed by atoms with E-state index in [1.807, 2.05) is 29.2 Å². The van der Waals surface area contributed by atoms with E-state index in [0.717, 1.165) is 29.7 Å². The van der Waals surface area contributed by atoms with E-state index in [1.54, 1.807) is 0 Å². The van der Waals surface area contributed by atoms with Gasteiger partial charge in [-0.2, -0.15) is 0 Å². The van der Waals surface area contributed by atoms with Gasteiger partial charge in [0.2, 0.25) is 11.0 Å². The molecule has 128 valence electrons. The molecule has 0 spiro atoms. The van der Waals surface area contributed by atoms with Crippen LogP contribution in [-0.2, 0) is 0 Å². The Hall–Kier alpha value is -2.74. The second-order valence-corrected chi connectivity index (χ2v) is 6.35. The van der Waals surface area contributed by atoms with Gasteiger partial charge in [0, 0.05) is 19.0 Å². The van der Waals surface area contributed by atoms with Gasteiger partial charge in [-0.1, -0.05) is 23.7 Å². The van der Waals surface area contributed by atoms with Crippen LogP contribution < -0.4 is 4.90 Å². The van der Waals surface area contributed by atoms with E-state index >= 15 is 0 Å². The topological polar surface area (TPSA) is 101 Å². The van der Waals surface area contributed by atoms with E-state index < -0.39 is 4.92 Å². The third-order valence-corrected chi connectivity index (χ3v) is 4.81. The number of nitrogens with one attached hydrogen (secondary N) is 1. The molecular formula is C16H15ClN6O2. The summed E-state index contributed by atoms with van der Waals surface area (Å²) >= 11 is 5.88. The number of para-hydroxylation sites is 2. The Morgan fingerprint density at radius 1 is 1.24 bits per heavy atom. The average Bonchev–Trinajstić information content (AvgIpc) is 3.05. The quantitative estimate of drug-likeness (QED) is 0.438. The number of anilines is 1. The summed E-state index contributed by atoms with van der Waals surface area (Å²) in [6, 6.07) is 7.93. The number of aromatic nitrogens is 4. The van der Waals surface area contributed by atoms with Crippen LogP contribution in [0.4, 0.5) is 11.5 Å². The first-order valence-electron chi connectivity index (χ1n) is 7.98. The van der Waals surface area contributed by atoms with Crippen LogP contribution in [0.5, 0.6) is 0 Å². The molecule has 0 bridgehead atoms. The first-order valence-corrected chi connectivity index (χ1v) is 8.36. The van der Waals surface area contributed by atoms with Crippen LogP contribution in [0, 0.1) is 10.1 Å². The van der Waals surface area contributed by atoms with Gasteiger partial charge in [-0.15, -0.1) is 0 Å². The van der Waals surface area contributed by atoms with Crippen molar-refractivity contribution in [3.05, 3.63) is 51.7 Å². The maximum Gasteiger partial charge on any atom is 0.348 e. The minimum Gasteiger partial charge on any atom is -0.351 e. The number of halogens is 1. The summed E-state index contributed by atoms with van der Waals surface area (Å²) in [5, 5.41) is 11.1. The lowest BCUT2D eigenvalue weighted by atomic mass is 9.96. The predicted molar refractivity (Wildman–Crippen MR) is 94.0 cm³/mol. The summed E-state index contributed by atoms with van der Waals surface area (Å²) in [7, 11) is 0. The molecule has 3 aromatic rings. The number of nitrogens with zero attached hydrogens (tertiary/aromatic N) is 5. The van der Waals surface area contributed by atoms with Crippen LogP contribution in [0.2, 0.25) is 5.15 Å². The normalized spacial score (nSPS) is 15.6. The zero-order valence-corrected chi connectivity index (χ0v) is 14.0. The second kappa shape index (κ2) is 6.29. The van der Waals surface area contributed by atoms with Gasteiger partial charge in [-0.25, -0.2) is 15.0 Å². The molecule has 4 rings (SSSR count). The number of nitro groups is 1. The van der Waals surface area contributed by atoms with E-state index in [4.69, 9.17) is 11.6 Å². The van der Waals surface area contributed by atoms with Crippen molar-refractivity contribution in [1.82, 2.24) is 19.9 Å². The van der Waals surface area contributed by atoms with Crippen molar-refractivity contribution in [1.29, 1.82) is 0 Å². The zero-order chi connectivity index (χ0) is 17.4. The van der Waals surface area contributed by atoms with Gasteiger partial charge < -0.3 is 9.88 Å². The van der Waals surface area contributed by atoms with Crippen molar-refractivity contribution in [2.75, 3.05) is 18.0 Å². The molecule has 1 aromatic carbocycles. The van der Waals surface area contributed by atoms with Crippen molar-refractivity contribution in [3.63, 3.8) is 0 Å². The highest BCUT2D eigenvalue weighted by molar-refractivity contribution is 6.31. The van der Waals surface area contributed by atoms with Crippen LogP contribution in [0.1, 0.15) is 24.6 Å². The summed E-state index contributed by atoms with van der Waals surface area (Å²) in [6.45, 7) is 1.30. The van der Waals surface area contributed by atoms with Crippen molar-refractivity contribution >= 4 is 34.1 Å². The number of fused-ring (bicyclic) bond motifs is 1. The number of hydrogen-bond acceptors (Lipinski definition) is 6. The lowest BCUT2D eigenvalue weighted by Gasteiger charge is -2.31. The van der Waals surface area contributed by atoms with Crippen molar-refractivity contribution < 1.29 is 4.92 Å². The van der Waals surface area contributed by atoms with Gasteiger partial charge in [0.05, 0.1) is 16.0 Å². The van der Waals surface area contributed by atoms with E-state index in [0.29, 0.717) is 19.0 Å². The van der Waals surface area contributed by atoms with E-state index in [-0.39, 0.29) is 16.7 Å². The number of rotatable bonds is 3. The summed E-state index contributed by atoms with van der Waals surface area (Å²) in [6.07, 6.45) is 2.92. The van der Waals surface area contributed by atoms with Crippen molar-refractivity contribution in [2.45, 2.75) is 18.8 Å². The molecule has 2 aromatic heterocycles. The molecule has 1 aliphatic heterocycles. The van der Waals surface area contributed by atoms with E-state index in [2.05, 4.69) is 19.9 Å². The minimum absolute atomic E-state index is 0.130. The number of imidazole rings is 1. The molecule has 1 fully saturated rings. The van der Waals surface area contributed by atoms with Crippen LogP contribution in [0.25, 0.3) is 11.0 Å². The molecule has 1 saturated heterocycles. The monoisotopic (exact) mass is 358 g/mol. The lowest BCUT2D eigenvalue weighted by Crippen LogP contribution is -2.34. The van der Waals surface area contributed by atoms with Crippen LogP contribution >= 0.6 is 11.6 Å². The molecule has 0 unspecified atom stereocenters. The molecule has 9 heteroatoms. The SMILES string of the molecule is O=[N+]([O-])c1c(Cl)ncnc1N1CCC(c2nc3ccccc3[nH]2)CC1. The summed E-state index contributed by atoms with van der Waals surface area (Å²) in [4.78, 5) is 28.5. The Bertz CT molecular complexity index is 902. The second-order valence-electron chi connectivity index (χ2n) is 5.99. The van der Waals surface area contributed by atoms with Gasteiger partial charge in [0.15, 0.2) is 0 Å². The molecule has 0 saturated carbocycles. The Morgan fingerprint density at radius 2 is 2.00 bits per heavy atom. The highest BCUT2D eigenvalue weighted by Gasteiger charge is 2.30. The zero-order valence-electron chi connectivity index (χ0n) is 13.2. The molecule has 1 N–H and O–H groups in total. The Morgan fingerprint density at radius 3 is 2.72 bits per heavy atom. The van der Waals surface area contributed by atoms with Crippen molar-refractivity contribution in [3.8, 4) is 0 Å². The Kier molecular flexibility index (Phi) is 3.96. The number of aromatic amines is 1. The van der Waals surface area contributed by atoms with Crippen LogP contribution in [0.15, 0.2) is 30.6 Å². The first-order chi connectivity index (χ1) is 12.1. The summed E-state index contributed by atoms with van der Waals surface area (Å²) in [5.41, 5.74) is 1.75. The Balaban J connectivity index is 1.54. The first kappa shape index (κ1) is 15.8. The van der Waals surface area contributed by atoms with Crippen molar-refractivity contribution in [2.24, 2.45) is 0 Å². The van der Waals surface area contributed by atoms with E-state index in [9.17, 15) is 10.1 Å². The minimum atomic E-state index is -0.525. The third-order valence-electron chi connectivity index (χ3n) is 4.53. The maximum atomic E-state index is 11.3. The number of piperidine rings is 1. The predicted octanol–water partition coefficient (Wildman–Crippen LogP) is 3.30. The number of H-pyrrole nitrogens is 1. The summed E-state index contributed by atoms with van der Waals surface area (Å²) < 4.78 is 0. The van der Waals surface area contributed by atoms with Crippen LogP contribution in [0.3, 0.4) is 0 Å². The fourth-order valence-electron chi connectivity index (χ4n) is 3.27. The smallest absolute Gasteiger partial charge is 0.348 e. The molecule has 25 heavy (non-hydrogen) atoms. The van der Waals surface area contributed by atoms with Gasteiger partial charge in [0.1, 0.15) is 12.2 Å². The largest absolute Gasteiger partial charge is 0.351 e. The molecule has 8 nitrogen and oxygen atoms in total. The van der Waals surface area contributed by atoms with Gasteiger partial charge in [-0.3, -0.25) is 10.1 Å². The summed E-state index contributed by atoms with van der Waals surface area (Å²) in [5.74, 6) is 1.55. The van der Waals surface area contributed by atoms with Crippen LogP contribution in [-0.4, -0.2) is 37.9 Å². The molecule has 1 aliphatic rings. The fraction of sp³-hybridized carbons (Fsp3) is 0.312. The molecular weight excluding hydrogens is 344 g/mol. The average molecular weight is 359 g/mol. The highest BCUT2D eigenvalue weighted by Crippen LogP contribution is 2.35. The van der Waals surface area contributed by atoms with E-state index in [1.165, 1.54) is 6.33 Å². The van der Waals surface area contributed by atoms with Gasteiger partial charge in [-0.05, 0) is 25.0 Å². The molecule has 0 radical (unpaired) electrons. The maximum absolute atomic E-state index is 11.3. The fourth-order valence-corrected chi connectivity index (χ4v) is 3.46. The highest BCUT2D eigenvalue weighted by atomic mass is 35.5. The molecule has 0 aliphatic carbocycles. The third kappa shape index (κ3) is 2.89. The van der Waals surface area contributed by atoms with Gasteiger partial charge in [0.25, 0.3) is 0 Å². The molecule has 0 atom stereocenters. The standard InChI is InChI=1S/C16H15ClN6O2/c17-14-13(23(24)25)16(19-9-18-14)22-7-5-10(6-8-22)15-20-11-3-1-2-4-12(11)21-15/h1-4,9-10H,5-8H2,(H,20,21). The Labute approximate surface area is 148 Å². The number of benzene rings is 1. The molecule has 0 amide bonds. The van der Waals surface area contributed by atoms with Gasteiger partial charge >= 0.3 is 5.69 Å². The lowest BCUT2D eigenvalue weighted by molar-refractivity contribution is -0.384.